The summed E-state index contributed by atoms with van der Waals surface area (Å²) in [5.41, 5.74) is 5.92. The smallest absolute Gasteiger partial charge is 0.107 e. The Balaban J connectivity index is 2.00. The van der Waals surface area contributed by atoms with Crippen molar-refractivity contribution in [3.8, 4) is 0 Å². The Morgan fingerprint density at radius 1 is 1.47 bits per heavy atom. The molecule has 1 aromatic rings. The predicted molar refractivity (Wildman–Crippen MR) is 73.0 cm³/mol. The van der Waals surface area contributed by atoms with Crippen molar-refractivity contribution >= 4 is 11.3 Å². The molecule has 0 aliphatic heterocycles. The summed E-state index contributed by atoms with van der Waals surface area (Å²) < 4.78 is 0. The second-order valence-electron chi connectivity index (χ2n) is 4.84. The lowest BCUT2D eigenvalue weighted by Gasteiger charge is -2.38. The summed E-state index contributed by atoms with van der Waals surface area (Å²) in [4.78, 5) is 6.96. The third-order valence-corrected chi connectivity index (χ3v) is 4.63. The number of aromatic nitrogens is 1. The summed E-state index contributed by atoms with van der Waals surface area (Å²) >= 11 is 1.76. The predicted octanol–water partition coefficient (Wildman–Crippen LogP) is 2.48. The maximum atomic E-state index is 5.92. The lowest BCUT2D eigenvalue weighted by atomic mass is 9.83. The van der Waals surface area contributed by atoms with Gasteiger partial charge in [-0.25, -0.2) is 4.98 Å². The van der Waals surface area contributed by atoms with Crippen molar-refractivity contribution in [3.05, 3.63) is 16.6 Å². The summed E-state index contributed by atoms with van der Waals surface area (Å²) in [6.45, 7) is 5.17. The van der Waals surface area contributed by atoms with Crippen molar-refractivity contribution in [1.29, 1.82) is 0 Å². The fraction of sp³-hybridized carbons (Fsp3) is 0.769. The molecule has 1 heterocycles. The van der Waals surface area contributed by atoms with Gasteiger partial charge in [-0.05, 0) is 31.8 Å². The minimum absolute atomic E-state index is 0.669. The number of nitrogens with two attached hydrogens (primary N) is 1. The minimum Gasteiger partial charge on any atom is -0.330 e. The molecule has 1 aliphatic carbocycles. The molecule has 2 N–H and O–H groups in total. The van der Waals surface area contributed by atoms with E-state index >= 15 is 0 Å². The molecule has 4 heteroatoms. The average molecular weight is 253 g/mol. The van der Waals surface area contributed by atoms with Crippen molar-refractivity contribution in [1.82, 2.24) is 9.88 Å². The maximum Gasteiger partial charge on any atom is 0.107 e. The molecule has 1 aromatic heterocycles. The molecular formula is C13H23N3S. The van der Waals surface area contributed by atoms with Crippen LogP contribution >= 0.6 is 11.3 Å². The summed E-state index contributed by atoms with van der Waals surface area (Å²) in [6.07, 6.45) is 7.22. The van der Waals surface area contributed by atoms with Gasteiger partial charge in [-0.2, -0.15) is 0 Å². The topological polar surface area (TPSA) is 42.2 Å². The molecule has 0 bridgehead atoms. The Labute approximate surface area is 108 Å². The number of thiazole rings is 1. The number of hydrogen-bond acceptors (Lipinski definition) is 4. The van der Waals surface area contributed by atoms with Crippen LogP contribution in [0.3, 0.4) is 0 Å². The van der Waals surface area contributed by atoms with Gasteiger partial charge in [0.25, 0.3) is 0 Å². The molecule has 1 aliphatic rings. The SMILES string of the molecule is CCN(Cc1nccs1)C1CCCCC1CN. The average Bonchev–Trinajstić information content (AvgIpc) is 2.89. The fourth-order valence-corrected chi connectivity index (χ4v) is 3.55. The van der Waals surface area contributed by atoms with E-state index in [4.69, 9.17) is 5.73 Å². The molecule has 1 saturated carbocycles. The van der Waals surface area contributed by atoms with Crippen LogP contribution < -0.4 is 5.73 Å². The van der Waals surface area contributed by atoms with Gasteiger partial charge < -0.3 is 5.73 Å². The van der Waals surface area contributed by atoms with Crippen LogP contribution in [0.25, 0.3) is 0 Å². The van der Waals surface area contributed by atoms with Gasteiger partial charge in [0.15, 0.2) is 0 Å². The summed E-state index contributed by atoms with van der Waals surface area (Å²) in [6, 6.07) is 0.669. The fourth-order valence-electron chi connectivity index (χ4n) is 2.91. The van der Waals surface area contributed by atoms with Gasteiger partial charge in [-0.3, -0.25) is 4.90 Å². The zero-order valence-electron chi connectivity index (χ0n) is 10.6. The van der Waals surface area contributed by atoms with Crippen LogP contribution in [0.15, 0.2) is 11.6 Å². The molecule has 0 spiro atoms. The highest BCUT2D eigenvalue weighted by Crippen LogP contribution is 2.28. The van der Waals surface area contributed by atoms with Gasteiger partial charge in [-0.1, -0.05) is 19.8 Å². The molecule has 0 amide bonds. The van der Waals surface area contributed by atoms with Crippen LogP contribution in [-0.4, -0.2) is 29.0 Å². The first-order valence-corrected chi connectivity index (χ1v) is 7.55. The molecule has 0 saturated heterocycles. The molecular weight excluding hydrogens is 230 g/mol. The quantitative estimate of drug-likeness (QED) is 0.876. The van der Waals surface area contributed by atoms with E-state index in [1.165, 1.54) is 30.7 Å². The van der Waals surface area contributed by atoms with E-state index in [2.05, 4.69) is 22.2 Å². The van der Waals surface area contributed by atoms with Crippen molar-refractivity contribution in [2.75, 3.05) is 13.1 Å². The highest BCUT2D eigenvalue weighted by Gasteiger charge is 2.28. The molecule has 0 radical (unpaired) electrons. The van der Waals surface area contributed by atoms with Gasteiger partial charge in [-0.15, -0.1) is 11.3 Å². The Morgan fingerprint density at radius 2 is 2.29 bits per heavy atom. The Bertz CT molecular complexity index is 312. The maximum absolute atomic E-state index is 5.92. The highest BCUT2D eigenvalue weighted by molar-refractivity contribution is 7.09. The number of hydrogen-bond donors (Lipinski definition) is 1. The van der Waals surface area contributed by atoms with E-state index in [0.29, 0.717) is 12.0 Å². The Hall–Kier alpha value is -0.450. The van der Waals surface area contributed by atoms with Gasteiger partial charge >= 0.3 is 0 Å². The minimum atomic E-state index is 0.669. The molecule has 17 heavy (non-hydrogen) atoms. The third-order valence-electron chi connectivity index (χ3n) is 3.87. The van der Waals surface area contributed by atoms with E-state index in [1.54, 1.807) is 11.3 Å². The van der Waals surface area contributed by atoms with E-state index in [9.17, 15) is 0 Å². The van der Waals surface area contributed by atoms with Crippen LogP contribution in [-0.2, 0) is 6.54 Å². The molecule has 0 aromatic carbocycles. The van der Waals surface area contributed by atoms with Crippen LogP contribution in [0.2, 0.25) is 0 Å². The summed E-state index contributed by atoms with van der Waals surface area (Å²) in [5.74, 6) is 0.684. The van der Waals surface area contributed by atoms with E-state index in [-0.39, 0.29) is 0 Å². The van der Waals surface area contributed by atoms with E-state index in [1.807, 2.05) is 6.20 Å². The second-order valence-corrected chi connectivity index (χ2v) is 5.82. The molecule has 1 fully saturated rings. The first kappa shape index (κ1) is 13.0. The van der Waals surface area contributed by atoms with Crippen LogP contribution in [0.4, 0.5) is 0 Å². The monoisotopic (exact) mass is 253 g/mol. The standard InChI is InChI=1S/C13H23N3S/c1-2-16(10-13-15-7-8-17-13)12-6-4-3-5-11(12)9-14/h7-8,11-12H,2-6,9-10,14H2,1H3. The lowest BCUT2D eigenvalue weighted by Crippen LogP contribution is -2.44. The van der Waals surface area contributed by atoms with Crippen molar-refractivity contribution < 1.29 is 0 Å². The van der Waals surface area contributed by atoms with Gasteiger partial charge in [0.05, 0.1) is 6.54 Å². The molecule has 2 unspecified atom stereocenters. The Kier molecular flexibility index (Phi) is 4.95. The van der Waals surface area contributed by atoms with Crippen molar-refractivity contribution in [3.63, 3.8) is 0 Å². The van der Waals surface area contributed by atoms with E-state index in [0.717, 1.165) is 19.6 Å². The first-order chi connectivity index (χ1) is 8.35. The molecule has 3 nitrogen and oxygen atoms in total. The van der Waals surface area contributed by atoms with Gasteiger partial charge in [0, 0.05) is 17.6 Å². The molecule has 96 valence electrons. The molecule has 2 rings (SSSR count). The summed E-state index contributed by atoms with van der Waals surface area (Å²) in [5, 5.41) is 3.29. The van der Waals surface area contributed by atoms with Crippen LogP contribution in [0.1, 0.15) is 37.6 Å². The zero-order chi connectivity index (χ0) is 12.1. The lowest BCUT2D eigenvalue weighted by molar-refractivity contribution is 0.105. The second kappa shape index (κ2) is 6.47. The summed E-state index contributed by atoms with van der Waals surface area (Å²) in [7, 11) is 0. The largest absolute Gasteiger partial charge is 0.330 e. The third kappa shape index (κ3) is 3.27. The molecule has 2 atom stereocenters. The first-order valence-electron chi connectivity index (χ1n) is 6.67. The van der Waals surface area contributed by atoms with E-state index < -0.39 is 0 Å². The van der Waals surface area contributed by atoms with Gasteiger partial charge in [0.2, 0.25) is 0 Å². The van der Waals surface area contributed by atoms with Crippen molar-refractivity contribution in [2.45, 2.75) is 45.2 Å². The normalized spacial score (nSPS) is 25.4. The zero-order valence-corrected chi connectivity index (χ0v) is 11.5. The van der Waals surface area contributed by atoms with Crippen molar-refractivity contribution in [2.24, 2.45) is 11.7 Å². The van der Waals surface area contributed by atoms with Gasteiger partial charge in [0.1, 0.15) is 5.01 Å². The number of nitrogens with zero attached hydrogens (tertiary/aromatic N) is 2. The Morgan fingerprint density at radius 3 is 2.94 bits per heavy atom. The highest BCUT2D eigenvalue weighted by atomic mass is 32.1. The van der Waals surface area contributed by atoms with Crippen LogP contribution in [0, 0.1) is 5.92 Å². The van der Waals surface area contributed by atoms with Crippen LogP contribution in [0.5, 0.6) is 0 Å². The number of rotatable bonds is 5.